The Kier molecular flexibility index (Phi) is 3.25. The van der Waals surface area contributed by atoms with Crippen LogP contribution in [0.15, 0.2) is 54.6 Å². The molecule has 2 N–H and O–H groups in total. The number of para-hydroxylation sites is 1. The first-order chi connectivity index (χ1) is 9.22. The number of amides is 1. The number of aromatic nitrogens is 1. The van der Waals surface area contributed by atoms with E-state index < -0.39 is 0 Å². The second kappa shape index (κ2) is 5.05. The van der Waals surface area contributed by atoms with Crippen LogP contribution < -0.4 is 5.32 Å². The number of carbonyl (C=O) groups excluding carboxylic acids is 1. The zero-order valence-corrected chi connectivity index (χ0v) is 12.1. The van der Waals surface area contributed by atoms with Gasteiger partial charge in [-0.2, -0.15) is 0 Å². The molecule has 3 nitrogen and oxygen atoms in total. The van der Waals surface area contributed by atoms with Crippen LogP contribution in [0.3, 0.4) is 0 Å². The van der Waals surface area contributed by atoms with E-state index in [1.54, 1.807) is 0 Å². The Bertz CT molecular complexity index is 698. The number of anilines is 1. The maximum atomic E-state index is 12.1. The number of hydrogen-bond donors (Lipinski definition) is 2. The van der Waals surface area contributed by atoms with E-state index in [-0.39, 0.29) is 5.91 Å². The molecule has 19 heavy (non-hydrogen) atoms. The van der Waals surface area contributed by atoms with Crippen LogP contribution in [0.1, 0.15) is 10.5 Å². The fourth-order valence-corrected chi connectivity index (χ4v) is 2.29. The summed E-state index contributed by atoms with van der Waals surface area (Å²) in [6.45, 7) is 0. The predicted molar refractivity (Wildman–Crippen MR) is 85.4 cm³/mol. The van der Waals surface area contributed by atoms with Gasteiger partial charge in [0.25, 0.3) is 5.91 Å². The van der Waals surface area contributed by atoms with Crippen LogP contribution in [-0.2, 0) is 0 Å². The third-order valence-corrected chi connectivity index (χ3v) is 3.60. The Labute approximate surface area is 124 Å². The van der Waals surface area contributed by atoms with Gasteiger partial charge in [-0.15, -0.1) is 0 Å². The summed E-state index contributed by atoms with van der Waals surface area (Å²) in [5.74, 6) is -0.127. The first kappa shape index (κ1) is 12.2. The molecule has 0 saturated heterocycles. The number of fused-ring (bicyclic) bond motifs is 1. The summed E-state index contributed by atoms with van der Waals surface area (Å²) in [5.41, 5.74) is 2.33. The molecule has 0 saturated carbocycles. The van der Waals surface area contributed by atoms with Crippen LogP contribution in [0.5, 0.6) is 0 Å². The Hall–Kier alpha value is -1.82. The van der Waals surface area contributed by atoms with Gasteiger partial charge in [0, 0.05) is 20.2 Å². The van der Waals surface area contributed by atoms with E-state index in [9.17, 15) is 4.79 Å². The summed E-state index contributed by atoms with van der Waals surface area (Å²) >= 11 is 2.23. The van der Waals surface area contributed by atoms with Gasteiger partial charge < -0.3 is 10.3 Å². The maximum Gasteiger partial charge on any atom is 0.272 e. The molecular formula is C15H11IN2O. The van der Waals surface area contributed by atoms with Gasteiger partial charge in [0.2, 0.25) is 0 Å². The van der Waals surface area contributed by atoms with Crippen molar-refractivity contribution in [2.45, 2.75) is 0 Å². The van der Waals surface area contributed by atoms with E-state index in [0.29, 0.717) is 5.69 Å². The highest BCUT2D eigenvalue weighted by Crippen LogP contribution is 2.16. The van der Waals surface area contributed by atoms with Crippen molar-refractivity contribution in [3.05, 3.63) is 63.9 Å². The fourth-order valence-electron chi connectivity index (χ4n) is 1.93. The Morgan fingerprint density at radius 2 is 1.79 bits per heavy atom. The molecule has 3 rings (SSSR count). The van der Waals surface area contributed by atoms with Gasteiger partial charge in [0.15, 0.2) is 0 Å². The molecule has 0 aliphatic rings. The molecule has 4 heteroatoms. The van der Waals surface area contributed by atoms with Gasteiger partial charge in [-0.05, 0) is 59.0 Å². The van der Waals surface area contributed by atoms with E-state index in [4.69, 9.17) is 0 Å². The molecule has 0 radical (unpaired) electrons. The van der Waals surface area contributed by atoms with Crippen molar-refractivity contribution in [1.82, 2.24) is 4.98 Å². The molecule has 1 aromatic heterocycles. The van der Waals surface area contributed by atoms with E-state index in [0.717, 1.165) is 20.2 Å². The summed E-state index contributed by atoms with van der Waals surface area (Å²) in [6.07, 6.45) is 0. The zero-order valence-electron chi connectivity index (χ0n) is 9.98. The number of H-pyrrole nitrogens is 1. The van der Waals surface area contributed by atoms with E-state index in [1.165, 1.54) is 0 Å². The highest BCUT2D eigenvalue weighted by Gasteiger charge is 2.09. The summed E-state index contributed by atoms with van der Waals surface area (Å²) in [7, 11) is 0. The first-order valence-corrected chi connectivity index (χ1v) is 6.95. The van der Waals surface area contributed by atoms with Gasteiger partial charge in [0.1, 0.15) is 5.69 Å². The quantitative estimate of drug-likeness (QED) is 0.665. The average molecular weight is 362 g/mol. The fraction of sp³-hybridized carbons (Fsp3) is 0. The lowest BCUT2D eigenvalue weighted by Crippen LogP contribution is -2.12. The second-order valence-electron chi connectivity index (χ2n) is 4.23. The predicted octanol–water partition coefficient (Wildman–Crippen LogP) is 4.02. The van der Waals surface area contributed by atoms with E-state index in [2.05, 4.69) is 32.9 Å². The number of rotatable bonds is 2. The minimum atomic E-state index is -0.127. The van der Waals surface area contributed by atoms with Crippen molar-refractivity contribution in [1.29, 1.82) is 0 Å². The highest BCUT2D eigenvalue weighted by atomic mass is 127. The Morgan fingerprint density at radius 3 is 2.53 bits per heavy atom. The van der Waals surface area contributed by atoms with Gasteiger partial charge >= 0.3 is 0 Å². The van der Waals surface area contributed by atoms with Crippen molar-refractivity contribution < 1.29 is 4.79 Å². The lowest BCUT2D eigenvalue weighted by atomic mass is 10.2. The van der Waals surface area contributed by atoms with Crippen LogP contribution in [0.4, 0.5) is 5.69 Å². The minimum Gasteiger partial charge on any atom is -0.351 e. The third-order valence-electron chi connectivity index (χ3n) is 2.88. The van der Waals surface area contributed by atoms with Crippen LogP contribution in [0.2, 0.25) is 0 Å². The van der Waals surface area contributed by atoms with E-state index >= 15 is 0 Å². The van der Waals surface area contributed by atoms with Crippen molar-refractivity contribution in [2.75, 3.05) is 5.32 Å². The molecule has 0 aliphatic heterocycles. The van der Waals surface area contributed by atoms with Crippen LogP contribution in [0, 0.1) is 3.57 Å². The molecule has 0 unspecified atom stereocenters. The van der Waals surface area contributed by atoms with E-state index in [1.807, 2.05) is 54.6 Å². The van der Waals surface area contributed by atoms with Gasteiger partial charge in [-0.25, -0.2) is 0 Å². The SMILES string of the molecule is O=C(Nc1ccc(I)cc1)c1cc2ccccc2[nH]1. The lowest BCUT2D eigenvalue weighted by molar-refractivity contribution is 0.102. The number of benzene rings is 2. The number of aromatic amines is 1. The molecule has 0 bridgehead atoms. The Morgan fingerprint density at radius 1 is 1.05 bits per heavy atom. The topological polar surface area (TPSA) is 44.9 Å². The molecule has 0 aliphatic carbocycles. The van der Waals surface area contributed by atoms with Crippen molar-refractivity contribution in [2.24, 2.45) is 0 Å². The van der Waals surface area contributed by atoms with Crippen LogP contribution >= 0.6 is 22.6 Å². The number of carbonyl (C=O) groups is 1. The van der Waals surface area contributed by atoms with Gasteiger partial charge in [-0.1, -0.05) is 18.2 Å². The third kappa shape index (κ3) is 2.63. The number of nitrogens with one attached hydrogen (secondary N) is 2. The minimum absolute atomic E-state index is 0.127. The molecule has 1 amide bonds. The van der Waals surface area contributed by atoms with Gasteiger partial charge in [0.05, 0.1) is 0 Å². The number of halogens is 1. The maximum absolute atomic E-state index is 12.1. The molecule has 3 aromatic rings. The van der Waals surface area contributed by atoms with Gasteiger partial charge in [-0.3, -0.25) is 4.79 Å². The Balaban J connectivity index is 1.85. The molecule has 0 atom stereocenters. The molecule has 0 fully saturated rings. The summed E-state index contributed by atoms with van der Waals surface area (Å²) < 4.78 is 1.14. The first-order valence-electron chi connectivity index (χ1n) is 5.87. The average Bonchev–Trinajstić information content (AvgIpc) is 2.85. The molecule has 0 spiro atoms. The van der Waals surface area contributed by atoms with Crippen LogP contribution in [0.25, 0.3) is 10.9 Å². The molecule has 2 aromatic carbocycles. The second-order valence-corrected chi connectivity index (χ2v) is 5.48. The largest absolute Gasteiger partial charge is 0.351 e. The molecule has 1 heterocycles. The summed E-state index contributed by atoms with van der Waals surface area (Å²) in [5, 5.41) is 3.91. The zero-order chi connectivity index (χ0) is 13.2. The summed E-state index contributed by atoms with van der Waals surface area (Å²) in [6, 6.07) is 17.4. The molecule has 94 valence electrons. The summed E-state index contributed by atoms with van der Waals surface area (Å²) in [4.78, 5) is 15.2. The molecular weight excluding hydrogens is 351 g/mol. The highest BCUT2D eigenvalue weighted by molar-refractivity contribution is 14.1. The smallest absolute Gasteiger partial charge is 0.272 e. The lowest BCUT2D eigenvalue weighted by Gasteiger charge is -2.03. The number of hydrogen-bond acceptors (Lipinski definition) is 1. The van der Waals surface area contributed by atoms with Crippen LogP contribution in [-0.4, -0.2) is 10.9 Å². The monoisotopic (exact) mass is 362 g/mol. The normalized spacial score (nSPS) is 10.6. The van der Waals surface area contributed by atoms with Crippen molar-refractivity contribution in [3.63, 3.8) is 0 Å². The standard InChI is InChI=1S/C15H11IN2O/c16-11-5-7-12(8-6-11)17-15(19)14-9-10-3-1-2-4-13(10)18-14/h1-9,18H,(H,17,19). The van der Waals surface area contributed by atoms with Crippen molar-refractivity contribution in [3.8, 4) is 0 Å². The van der Waals surface area contributed by atoms with Crippen molar-refractivity contribution >= 4 is 45.1 Å².